The molecule has 35 heavy (non-hydrogen) atoms. The minimum atomic E-state index is -0.361. The quantitative estimate of drug-likeness (QED) is 0.390. The molecule has 2 aliphatic rings. The fourth-order valence-corrected chi connectivity index (χ4v) is 5.90. The van der Waals surface area contributed by atoms with Crippen LogP contribution < -0.4 is 5.32 Å². The maximum absolute atomic E-state index is 13.4. The minimum Gasteiger partial charge on any atom is -0.353 e. The normalized spacial score (nSPS) is 18.2. The minimum absolute atomic E-state index is 0.206. The largest absolute Gasteiger partial charge is 0.353 e. The van der Waals surface area contributed by atoms with Crippen molar-refractivity contribution in [3.8, 4) is 0 Å². The molecule has 5 rings (SSSR count). The average Bonchev–Trinajstić information content (AvgIpc) is 2.87. The average molecular weight is 487 g/mol. The number of carbonyl (C=O) groups excluding carboxylic acids is 1. The second-order valence-electron chi connectivity index (χ2n) is 10.2. The van der Waals surface area contributed by atoms with E-state index in [1.807, 2.05) is 24.3 Å². The fraction of sp³-hybridized carbons (Fsp3) is 0.387. The summed E-state index contributed by atoms with van der Waals surface area (Å²) in [4.78, 5) is 15.9. The zero-order valence-electron chi connectivity index (χ0n) is 20.3. The highest BCUT2D eigenvalue weighted by Gasteiger charge is 2.46. The summed E-state index contributed by atoms with van der Waals surface area (Å²) >= 11 is 6.08. The molecular weight excluding hydrogens is 452 g/mol. The molecule has 1 saturated carbocycles. The summed E-state index contributed by atoms with van der Waals surface area (Å²) in [5.41, 5.74) is 3.51. The highest BCUT2D eigenvalue weighted by molar-refractivity contribution is 6.30. The van der Waals surface area contributed by atoms with E-state index in [0.717, 1.165) is 68.7 Å². The van der Waals surface area contributed by atoms with Crippen LogP contribution in [0.1, 0.15) is 61.1 Å². The van der Waals surface area contributed by atoms with Gasteiger partial charge in [0.25, 0.3) is 0 Å². The van der Waals surface area contributed by atoms with Gasteiger partial charge in [-0.25, -0.2) is 0 Å². The summed E-state index contributed by atoms with van der Waals surface area (Å²) in [6, 6.07) is 29.8. The molecule has 0 bridgehead atoms. The number of piperidine rings is 1. The number of nitrogens with zero attached hydrogens (tertiary/aromatic N) is 1. The van der Waals surface area contributed by atoms with Gasteiger partial charge in [0, 0.05) is 30.1 Å². The van der Waals surface area contributed by atoms with Gasteiger partial charge in [-0.15, -0.1) is 0 Å². The van der Waals surface area contributed by atoms with Crippen molar-refractivity contribution in [1.29, 1.82) is 0 Å². The van der Waals surface area contributed by atoms with Crippen LogP contribution in [0.4, 0.5) is 0 Å². The topological polar surface area (TPSA) is 32.3 Å². The lowest BCUT2D eigenvalue weighted by atomic mass is 9.63. The Labute approximate surface area is 214 Å². The number of benzene rings is 3. The number of halogens is 1. The first-order valence-electron chi connectivity index (χ1n) is 13.0. The Balaban J connectivity index is 1.15. The first kappa shape index (κ1) is 24.1. The van der Waals surface area contributed by atoms with E-state index in [0.29, 0.717) is 5.92 Å². The Bertz CT molecular complexity index is 1050. The zero-order valence-corrected chi connectivity index (χ0v) is 21.1. The van der Waals surface area contributed by atoms with Gasteiger partial charge >= 0.3 is 0 Å². The third-order valence-corrected chi connectivity index (χ3v) is 8.35. The van der Waals surface area contributed by atoms with Crippen LogP contribution in [0.5, 0.6) is 0 Å². The van der Waals surface area contributed by atoms with E-state index < -0.39 is 0 Å². The van der Waals surface area contributed by atoms with Crippen LogP contribution >= 0.6 is 11.6 Å². The maximum atomic E-state index is 13.4. The van der Waals surface area contributed by atoms with E-state index >= 15 is 0 Å². The third-order valence-electron chi connectivity index (χ3n) is 8.10. The number of nitrogens with one attached hydrogen (secondary N) is 1. The Morgan fingerprint density at radius 2 is 1.46 bits per heavy atom. The van der Waals surface area contributed by atoms with E-state index in [-0.39, 0.29) is 17.4 Å². The summed E-state index contributed by atoms with van der Waals surface area (Å²) in [6.07, 6.45) is 6.11. The third kappa shape index (κ3) is 5.47. The van der Waals surface area contributed by atoms with Crippen LogP contribution in [0, 0.1) is 0 Å². The van der Waals surface area contributed by atoms with Crippen LogP contribution in [-0.2, 0) is 10.2 Å². The van der Waals surface area contributed by atoms with Crippen molar-refractivity contribution in [3.63, 3.8) is 0 Å². The molecule has 4 heteroatoms. The summed E-state index contributed by atoms with van der Waals surface area (Å²) in [5.74, 6) is 0.616. The van der Waals surface area contributed by atoms with Gasteiger partial charge in [0.2, 0.25) is 5.91 Å². The Morgan fingerprint density at radius 1 is 0.886 bits per heavy atom. The molecule has 1 amide bonds. The molecule has 0 spiro atoms. The van der Waals surface area contributed by atoms with Crippen molar-refractivity contribution in [3.05, 3.63) is 107 Å². The molecule has 182 valence electrons. The fourth-order valence-electron chi connectivity index (χ4n) is 5.78. The van der Waals surface area contributed by atoms with Gasteiger partial charge in [0.15, 0.2) is 0 Å². The number of hydrogen-bond donors (Lipinski definition) is 1. The summed E-state index contributed by atoms with van der Waals surface area (Å²) in [7, 11) is 0. The molecule has 1 aliphatic carbocycles. The molecule has 0 radical (unpaired) electrons. The van der Waals surface area contributed by atoms with Crippen molar-refractivity contribution < 1.29 is 4.79 Å². The molecule has 1 aliphatic heterocycles. The number of carbonyl (C=O) groups is 1. The Morgan fingerprint density at radius 3 is 1.97 bits per heavy atom. The van der Waals surface area contributed by atoms with E-state index in [1.54, 1.807) is 0 Å². The summed E-state index contributed by atoms with van der Waals surface area (Å²) < 4.78 is 0. The zero-order chi connectivity index (χ0) is 24.1. The second kappa shape index (κ2) is 11.0. The molecule has 0 aromatic heterocycles. The number of hydrogen-bond acceptors (Lipinski definition) is 2. The second-order valence-corrected chi connectivity index (χ2v) is 10.6. The van der Waals surface area contributed by atoms with E-state index in [1.165, 1.54) is 11.1 Å². The van der Waals surface area contributed by atoms with Crippen LogP contribution in [-0.4, -0.2) is 36.5 Å². The van der Waals surface area contributed by atoms with Crippen molar-refractivity contribution in [2.75, 3.05) is 19.6 Å². The lowest BCUT2D eigenvalue weighted by molar-refractivity contribution is -0.131. The molecule has 2 fully saturated rings. The molecule has 3 nitrogen and oxygen atoms in total. The van der Waals surface area contributed by atoms with Crippen molar-refractivity contribution in [2.45, 2.75) is 55.9 Å². The monoisotopic (exact) mass is 486 g/mol. The Hall–Kier alpha value is -2.62. The molecule has 0 unspecified atom stereocenters. The van der Waals surface area contributed by atoms with E-state index in [9.17, 15) is 4.79 Å². The van der Waals surface area contributed by atoms with E-state index in [4.69, 9.17) is 11.6 Å². The van der Waals surface area contributed by atoms with Crippen molar-refractivity contribution in [1.82, 2.24) is 10.2 Å². The first-order valence-corrected chi connectivity index (χ1v) is 13.4. The van der Waals surface area contributed by atoms with Crippen molar-refractivity contribution in [2.24, 2.45) is 0 Å². The molecule has 0 atom stereocenters. The van der Waals surface area contributed by atoms with Crippen LogP contribution in [0.25, 0.3) is 0 Å². The number of rotatable bonds is 8. The molecule has 1 saturated heterocycles. The van der Waals surface area contributed by atoms with Gasteiger partial charge in [-0.3, -0.25) is 4.79 Å². The molecule has 1 heterocycles. The highest BCUT2D eigenvalue weighted by Crippen LogP contribution is 2.44. The molecule has 3 aromatic carbocycles. The van der Waals surface area contributed by atoms with Crippen LogP contribution in [0.3, 0.4) is 0 Å². The van der Waals surface area contributed by atoms with Gasteiger partial charge in [-0.1, -0.05) is 90.8 Å². The Kier molecular flexibility index (Phi) is 7.55. The lowest BCUT2D eigenvalue weighted by Crippen LogP contribution is -2.54. The molecule has 1 N–H and O–H groups in total. The van der Waals surface area contributed by atoms with Crippen LogP contribution in [0.15, 0.2) is 84.9 Å². The number of likely N-dealkylation sites (tertiary alicyclic amines) is 1. The predicted octanol–water partition coefficient (Wildman–Crippen LogP) is 6.56. The highest BCUT2D eigenvalue weighted by atomic mass is 35.5. The first-order chi connectivity index (χ1) is 17.1. The van der Waals surface area contributed by atoms with Gasteiger partial charge in [0.05, 0.1) is 5.41 Å². The van der Waals surface area contributed by atoms with Crippen molar-refractivity contribution >= 4 is 17.5 Å². The lowest BCUT2D eigenvalue weighted by Gasteiger charge is -2.42. The van der Waals surface area contributed by atoms with E-state index in [2.05, 4.69) is 70.9 Å². The summed E-state index contributed by atoms with van der Waals surface area (Å²) in [6.45, 7) is 3.15. The van der Waals surface area contributed by atoms with Gasteiger partial charge in [-0.05, 0) is 67.5 Å². The SMILES string of the molecule is O=C(NC1CCN(CCC(c2ccccc2)c2ccccc2)CC1)C1(c2ccc(Cl)cc2)CCC1. The predicted molar refractivity (Wildman–Crippen MR) is 144 cm³/mol. The smallest absolute Gasteiger partial charge is 0.230 e. The maximum Gasteiger partial charge on any atom is 0.230 e. The standard InChI is InChI=1S/C31H35ClN2O/c32-27-14-12-26(13-15-27)31(19-7-20-31)30(35)33-28-16-21-34(22-17-28)23-18-29(24-8-3-1-4-9-24)25-10-5-2-6-11-25/h1-6,8-15,28-29H,7,16-23H2,(H,33,35). The summed E-state index contributed by atoms with van der Waals surface area (Å²) in [5, 5.41) is 4.13. The molecular formula is C31H35ClN2O. The van der Waals surface area contributed by atoms with Crippen LogP contribution in [0.2, 0.25) is 5.02 Å². The van der Waals surface area contributed by atoms with Gasteiger partial charge in [0.1, 0.15) is 0 Å². The van der Waals surface area contributed by atoms with Gasteiger partial charge in [-0.2, -0.15) is 0 Å². The van der Waals surface area contributed by atoms with Gasteiger partial charge < -0.3 is 10.2 Å². The molecule has 3 aromatic rings. The number of amides is 1.